The minimum Gasteiger partial charge on any atom is -0.465 e. The molecule has 194 valence electrons. The first kappa shape index (κ1) is 26.5. The monoisotopic (exact) mass is 534 g/mol. The van der Waals surface area contributed by atoms with Crippen molar-refractivity contribution in [1.29, 1.82) is 0 Å². The summed E-state index contributed by atoms with van der Waals surface area (Å²) >= 11 is 1.44. The number of benzene rings is 1. The maximum atomic E-state index is 12.2. The highest BCUT2D eigenvalue weighted by atomic mass is 32.1. The lowest BCUT2D eigenvalue weighted by molar-refractivity contribution is -0.144. The molecule has 0 bridgehead atoms. The second-order valence-corrected chi connectivity index (χ2v) is 10.9. The standard InChI is InChI=1S/C24H31N4O6PS/c1-5-31-23(30)15(4)28-35(34-16-8-6-13(2)7-9-16)32-11-17-10-14(3)20(33-17)21-19-18(12-36-21)22(29)27-24(25)26-19/h6-9,12,14-15,17,20,28H,5,10-11H2,1-4H3,(H3,25,26,27,29). The molecule has 5 unspecified atom stereocenters. The first-order chi connectivity index (χ1) is 17.2. The molecule has 4 N–H and O–H groups in total. The minimum atomic E-state index is -1.66. The predicted octanol–water partition coefficient (Wildman–Crippen LogP) is 4.21. The Morgan fingerprint density at radius 1 is 1.39 bits per heavy atom. The minimum absolute atomic E-state index is 0.0818. The lowest BCUT2D eigenvalue weighted by Gasteiger charge is -2.23. The van der Waals surface area contributed by atoms with Gasteiger partial charge in [-0.3, -0.25) is 14.6 Å². The summed E-state index contributed by atoms with van der Waals surface area (Å²) < 4.78 is 23.6. The van der Waals surface area contributed by atoms with E-state index < -0.39 is 14.6 Å². The van der Waals surface area contributed by atoms with E-state index in [4.69, 9.17) is 24.3 Å². The third-order valence-corrected chi connectivity index (χ3v) is 8.18. The summed E-state index contributed by atoms with van der Waals surface area (Å²) in [6, 6.07) is 7.00. The topological polar surface area (TPSA) is 138 Å². The number of nitrogens with one attached hydrogen (secondary N) is 2. The molecular formula is C24H31N4O6PS. The lowest BCUT2D eigenvalue weighted by atomic mass is 10.0. The number of nitrogen functional groups attached to an aromatic ring is 1. The van der Waals surface area contributed by atoms with E-state index in [-0.39, 0.29) is 42.2 Å². The normalized spacial score (nSPS) is 21.4. The van der Waals surface area contributed by atoms with Crippen LogP contribution in [-0.4, -0.2) is 41.3 Å². The molecule has 1 aliphatic heterocycles. The van der Waals surface area contributed by atoms with Gasteiger partial charge in [0, 0.05) is 5.38 Å². The van der Waals surface area contributed by atoms with E-state index in [1.54, 1.807) is 19.2 Å². The van der Waals surface area contributed by atoms with Crippen LogP contribution in [0.4, 0.5) is 5.95 Å². The van der Waals surface area contributed by atoms with Gasteiger partial charge >= 0.3 is 14.5 Å². The molecule has 10 nitrogen and oxygen atoms in total. The molecule has 0 spiro atoms. The van der Waals surface area contributed by atoms with E-state index in [1.807, 2.05) is 31.2 Å². The van der Waals surface area contributed by atoms with Crippen LogP contribution in [0.3, 0.4) is 0 Å². The fraction of sp³-hybridized carbons (Fsp3) is 0.458. The number of H-pyrrole nitrogens is 1. The van der Waals surface area contributed by atoms with Crippen LogP contribution in [0, 0.1) is 12.8 Å². The lowest BCUT2D eigenvalue weighted by Crippen LogP contribution is -2.34. The molecular weight excluding hydrogens is 503 g/mol. The summed E-state index contributed by atoms with van der Waals surface area (Å²) in [5, 5.41) is 5.39. The van der Waals surface area contributed by atoms with Crippen molar-refractivity contribution in [3.8, 4) is 5.75 Å². The number of hydrogen-bond acceptors (Lipinski definition) is 10. The van der Waals surface area contributed by atoms with Crippen molar-refractivity contribution < 1.29 is 23.3 Å². The number of carbonyl (C=O) groups excluding carboxylic acids is 1. The molecule has 0 radical (unpaired) electrons. The highest BCUT2D eigenvalue weighted by Crippen LogP contribution is 2.44. The van der Waals surface area contributed by atoms with Crippen molar-refractivity contribution in [2.75, 3.05) is 18.9 Å². The maximum absolute atomic E-state index is 12.2. The Balaban J connectivity index is 1.44. The molecule has 12 heteroatoms. The second kappa shape index (κ2) is 11.7. The SMILES string of the molecule is CCOC(=O)C(C)NP(OCC1CC(C)C(c2scc3c(=O)[nH]c(N)nc23)O1)Oc1ccc(C)cc1. The number of ether oxygens (including phenoxy) is 2. The average molecular weight is 535 g/mol. The fourth-order valence-corrected chi connectivity index (χ4v) is 6.32. The van der Waals surface area contributed by atoms with E-state index in [0.717, 1.165) is 16.9 Å². The number of aryl methyl sites for hydroxylation is 1. The Labute approximate surface area is 214 Å². The summed E-state index contributed by atoms with van der Waals surface area (Å²) in [5.74, 6) is 0.517. The molecule has 36 heavy (non-hydrogen) atoms. The summed E-state index contributed by atoms with van der Waals surface area (Å²) in [6.07, 6.45) is 0.322. The summed E-state index contributed by atoms with van der Waals surface area (Å²) in [6.45, 7) is 8.12. The number of aromatic amines is 1. The molecule has 1 fully saturated rings. The molecule has 2 aromatic heterocycles. The van der Waals surface area contributed by atoms with Gasteiger partial charge in [-0.2, -0.15) is 0 Å². The molecule has 1 aromatic carbocycles. The molecule has 4 rings (SSSR count). The van der Waals surface area contributed by atoms with E-state index in [9.17, 15) is 9.59 Å². The van der Waals surface area contributed by atoms with Crippen molar-refractivity contribution in [3.05, 3.63) is 50.4 Å². The highest BCUT2D eigenvalue weighted by molar-refractivity contribution is 7.45. The Bertz CT molecular complexity index is 1250. The number of carbonyl (C=O) groups is 1. The van der Waals surface area contributed by atoms with Gasteiger partial charge in [-0.25, -0.2) is 10.1 Å². The number of nitrogens with two attached hydrogens (primary N) is 1. The van der Waals surface area contributed by atoms with Crippen molar-refractivity contribution in [2.45, 2.75) is 52.4 Å². The zero-order chi connectivity index (χ0) is 25.8. The summed E-state index contributed by atoms with van der Waals surface area (Å²) in [7, 11) is -1.66. The smallest absolute Gasteiger partial charge is 0.323 e. The van der Waals surface area contributed by atoms with E-state index in [2.05, 4.69) is 22.0 Å². The van der Waals surface area contributed by atoms with Crippen molar-refractivity contribution in [3.63, 3.8) is 0 Å². The van der Waals surface area contributed by atoms with Gasteiger partial charge in [0.2, 0.25) is 5.95 Å². The van der Waals surface area contributed by atoms with Gasteiger partial charge in [0.05, 0.1) is 41.2 Å². The number of nitrogens with zero attached hydrogens (tertiary/aromatic N) is 1. The van der Waals surface area contributed by atoms with Crippen LogP contribution in [-0.2, 0) is 18.8 Å². The van der Waals surface area contributed by atoms with Gasteiger partial charge in [0.15, 0.2) is 0 Å². The third kappa shape index (κ3) is 6.22. The van der Waals surface area contributed by atoms with Gasteiger partial charge < -0.3 is 24.3 Å². The van der Waals surface area contributed by atoms with Crippen LogP contribution in [0.2, 0.25) is 0 Å². The molecule has 5 atom stereocenters. The van der Waals surface area contributed by atoms with Crippen molar-refractivity contribution in [2.24, 2.45) is 5.92 Å². The van der Waals surface area contributed by atoms with Crippen LogP contribution < -0.4 is 20.9 Å². The Morgan fingerprint density at radius 3 is 2.86 bits per heavy atom. The van der Waals surface area contributed by atoms with Crippen molar-refractivity contribution >= 4 is 42.7 Å². The number of anilines is 1. The quantitative estimate of drug-likeness (QED) is 0.258. The maximum Gasteiger partial charge on any atom is 0.323 e. The number of esters is 1. The van der Waals surface area contributed by atoms with Crippen LogP contribution >= 0.6 is 19.9 Å². The van der Waals surface area contributed by atoms with Gasteiger partial charge in [-0.05, 0) is 45.2 Å². The van der Waals surface area contributed by atoms with Crippen LogP contribution in [0.5, 0.6) is 5.75 Å². The van der Waals surface area contributed by atoms with E-state index in [1.165, 1.54) is 11.3 Å². The molecule has 3 heterocycles. The van der Waals surface area contributed by atoms with Crippen LogP contribution in [0.15, 0.2) is 34.4 Å². The fourth-order valence-electron chi connectivity index (χ4n) is 3.95. The molecule has 1 saturated heterocycles. The predicted molar refractivity (Wildman–Crippen MR) is 140 cm³/mol. The zero-order valence-corrected chi connectivity index (χ0v) is 22.4. The summed E-state index contributed by atoms with van der Waals surface area (Å²) in [5.41, 5.74) is 7.20. The number of aromatic nitrogens is 2. The average Bonchev–Trinajstić information content (AvgIpc) is 3.42. The van der Waals surface area contributed by atoms with E-state index in [0.29, 0.717) is 23.3 Å². The molecule has 0 amide bonds. The Kier molecular flexibility index (Phi) is 8.58. The zero-order valence-electron chi connectivity index (χ0n) is 20.6. The van der Waals surface area contributed by atoms with Gasteiger partial charge in [-0.1, -0.05) is 24.6 Å². The number of fused-ring (bicyclic) bond motifs is 1. The largest absolute Gasteiger partial charge is 0.465 e. The van der Waals surface area contributed by atoms with Gasteiger partial charge in [-0.15, -0.1) is 11.3 Å². The first-order valence-electron chi connectivity index (χ1n) is 11.8. The Hall–Kier alpha value is -2.56. The molecule has 0 saturated carbocycles. The van der Waals surface area contributed by atoms with E-state index >= 15 is 0 Å². The van der Waals surface area contributed by atoms with Gasteiger partial charge in [0.1, 0.15) is 11.8 Å². The number of thiophene rings is 1. The first-order valence-corrected chi connectivity index (χ1v) is 13.8. The third-order valence-electron chi connectivity index (χ3n) is 5.79. The Morgan fingerprint density at radius 2 is 2.14 bits per heavy atom. The molecule has 1 aliphatic rings. The van der Waals surface area contributed by atoms with Gasteiger partial charge in [0.25, 0.3) is 5.56 Å². The van der Waals surface area contributed by atoms with Crippen LogP contribution in [0.1, 0.15) is 43.7 Å². The number of rotatable bonds is 10. The molecule has 0 aliphatic carbocycles. The van der Waals surface area contributed by atoms with Crippen LogP contribution in [0.25, 0.3) is 10.9 Å². The van der Waals surface area contributed by atoms with Crippen molar-refractivity contribution in [1.82, 2.24) is 15.1 Å². The second-order valence-electron chi connectivity index (χ2n) is 8.77. The summed E-state index contributed by atoms with van der Waals surface area (Å²) in [4.78, 5) is 32.1. The number of hydrogen-bond donors (Lipinski definition) is 3. The highest BCUT2D eigenvalue weighted by Gasteiger charge is 2.37. The molecule has 3 aromatic rings.